The fourth-order valence-corrected chi connectivity index (χ4v) is 2.07. The predicted octanol–water partition coefficient (Wildman–Crippen LogP) is 3.38. The SMILES string of the molecule is CCc1nnc(Cl)n1-c1cc(F)ccc1Br. The number of benzene rings is 1. The van der Waals surface area contributed by atoms with Gasteiger partial charge in [0.2, 0.25) is 5.28 Å². The lowest BCUT2D eigenvalue weighted by Crippen LogP contribution is -2.01. The number of aromatic nitrogens is 3. The fourth-order valence-electron chi connectivity index (χ4n) is 1.42. The summed E-state index contributed by atoms with van der Waals surface area (Å²) in [5, 5.41) is 7.91. The summed E-state index contributed by atoms with van der Waals surface area (Å²) in [6.45, 7) is 1.93. The highest BCUT2D eigenvalue weighted by Crippen LogP contribution is 2.26. The van der Waals surface area contributed by atoms with Gasteiger partial charge >= 0.3 is 0 Å². The Bertz CT molecular complexity index is 527. The van der Waals surface area contributed by atoms with E-state index in [1.54, 1.807) is 10.6 Å². The molecule has 0 saturated carbocycles. The van der Waals surface area contributed by atoms with Gasteiger partial charge in [-0.3, -0.25) is 4.57 Å². The molecule has 1 aromatic carbocycles. The monoisotopic (exact) mass is 303 g/mol. The summed E-state index contributed by atoms with van der Waals surface area (Å²) in [6.07, 6.45) is 0.669. The maximum Gasteiger partial charge on any atom is 0.229 e. The van der Waals surface area contributed by atoms with Crippen LogP contribution in [0.25, 0.3) is 5.69 Å². The van der Waals surface area contributed by atoms with Gasteiger partial charge in [-0.2, -0.15) is 0 Å². The molecule has 1 aromatic heterocycles. The second kappa shape index (κ2) is 4.51. The molecule has 6 heteroatoms. The zero-order valence-corrected chi connectivity index (χ0v) is 10.8. The molecule has 0 N–H and O–H groups in total. The lowest BCUT2D eigenvalue weighted by Gasteiger charge is -2.08. The van der Waals surface area contributed by atoms with Gasteiger partial charge in [0, 0.05) is 10.9 Å². The van der Waals surface area contributed by atoms with E-state index >= 15 is 0 Å². The largest absolute Gasteiger partial charge is 0.269 e. The molecule has 0 saturated heterocycles. The van der Waals surface area contributed by atoms with Crippen molar-refractivity contribution in [2.24, 2.45) is 0 Å². The smallest absolute Gasteiger partial charge is 0.229 e. The second-order valence-electron chi connectivity index (χ2n) is 3.17. The Hall–Kier alpha value is -0.940. The Kier molecular flexibility index (Phi) is 3.25. The van der Waals surface area contributed by atoms with Gasteiger partial charge in [0.1, 0.15) is 11.6 Å². The van der Waals surface area contributed by atoms with E-state index in [1.807, 2.05) is 6.92 Å². The van der Waals surface area contributed by atoms with Gasteiger partial charge in [0.05, 0.1) is 5.69 Å². The molecule has 0 radical (unpaired) electrons. The molecule has 0 aliphatic heterocycles. The quantitative estimate of drug-likeness (QED) is 0.851. The predicted molar refractivity (Wildman–Crippen MR) is 63.4 cm³/mol. The molecule has 0 unspecified atom stereocenters. The highest BCUT2D eigenvalue weighted by atomic mass is 79.9. The van der Waals surface area contributed by atoms with Crippen molar-refractivity contribution in [3.05, 3.63) is 39.6 Å². The van der Waals surface area contributed by atoms with Crippen LogP contribution >= 0.6 is 27.5 Å². The first-order valence-corrected chi connectivity index (χ1v) is 5.85. The number of aryl methyl sites for hydroxylation is 1. The van der Waals surface area contributed by atoms with E-state index in [2.05, 4.69) is 26.1 Å². The van der Waals surface area contributed by atoms with Gasteiger partial charge in [0.25, 0.3) is 0 Å². The molecule has 0 bridgehead atoms. The summed E-state index contributed by atoms with van der Waals surface area (Å²) in [7, 11) is 0. The lowest BCUT2D eigenvalue weighted by molar-refractivity contribution is 0.626. The summed E-state index contributed by atoms with van der Waals surface area (Å²) in [5.74, 6) is 0.362. The van der Waals surface area contributed by atoms with Gasteiger partial charge in [-0.25, -0.2) is 4.39 Å². The minimum Gasteiger partial charge on any atom is -0.269 e. The van der Waals surface area contributed by atoms with Crippen LogP contribution in [0.2, 0.25) is 5.28 Å². The van der Waals surface area contributed by atoms with E-state index in [4.69, 9.17) is 11.6 Å². The molecule has 0 spiro atoms. The van der Waals surface area contributed by atoms with Crippen molar-refractivity contribution in [2.45, 2.75) is 13.3 Å². The zero-order valence-electron chi connectivity index (χ0n) is 8.41. The van der Waals surface area contributed by atoms with E-state index in [1.165, 1.54) is 12.1 Å². The average Bonchev–Trinajstić information content (AvgIpc) is 2.63. The van der Waals surface area contributed by atoms with Crippen LogP contribution in [0.4, 0.5) is 4.39 Å². The van der Waals surface area contributed by atoms with Crippen LogP contribution in [-0.2, 0) is 6.42 Å². The molecular formula is C10H8BrClFN3. The maximum absolute atomic E-state index is 13.2. The Morgan fingerprint density at radius 2 is 2.19 bits per heavy atom. The number of nitrogens with zero attached hydrogens (tertiary/aromatic N) is 3. The van der Waals surface area contributed by atoms with E-state index in [9.17, 15) is 4.39 Å². The molecule has 1 heterocycles. The van der Waals surface area contributed by atoms with Crippen molar-refractivity contribution >= 4 is 27.5 Å². The molecule has 0 atom stereocenters. The third-order valence-electron chi connectivity index (χ3n) is 2.16. The van der Waals surface area contributed by atoms with E-state index in [0.717, 1.165) is 4.47 Å². The molecule has 0 aliphatic rings. The van der Waals surface area contributed by atoms with Crippen molar-refractivity contribution in [1.82, 2.24) is 14.8 Å². The van der Waals surface area contributed by atoms with E-state index in [0.29, 0.717) is 17.9 Å². The Morgan fingerprint density at radius 1 is 1.44 bits per heavy atom. The van der Waals surface area contributed by atoms with Gasteiger partial charge < -0.3 is 0 Å². The molecule has 3 nitrogen and oxygen atoms in total. The fraction of sp³-hybridized carbons (Fsp3) is 0.200. The first-order chi connectivity index (χ1) is 7.63. The van der Waals surface area contributed by atoms with Crippen LogP contribution in [0.15, 0.2) is 22.7 Å². The first-order valence-electron chi connectivity index (χ1n) is 4.68. The summed E-state index contributed by atoms with van der Waals surface area (Å²) in [6, 6.07) is 4.39. The Labute approximate surface area is 105 Å². The maximum atomic E-state index is 13.2. The number of halogens is 3. The molecule has 0 amide bonds. The van der Waals surface area contributed by atoms with Gasteiger partial charge in [0.15, 0.2) is 0 Å². The Morgan fingerprint density at radius 3 is 2.88 bits per heavy atom. The minimum absolute atomic E-state index is 0.225. The molecular weight excluding hydrogens is 296 g/mol. The number of hydrogen-bond acceptors (Lipinski definition) is 2. The summed E-state index contributed by atoms with van der Waals surface area (Å²) in [5.41, 5.74) is 0.604. The third kappa shape index (κ3) is 1.97. The van der Waals surface area contributed by atoms with Crippen molar-refractivity contribution in [3.8, 4) is 5.69 Å². The first kappa shape index (κ1) is 11.5. The summed E-state index contributed by atoms with van der Waals surface area (Å²) < 4.78 is 15.5. The molecule has 0 fully saturated rings. The van der Waals surface area contributed by atoms with Crippen LogP contribution in [-0.4, -0.2) is 14.8 Å². The normalized spacial score (nSPS) is 10.8. The van der Waals surface area contributed by atoms with Crippen molar-refractivity contribution in [2.75, 3.05) is 0 Å². The van der Waals surface area contributed by atoms with Gasteiger partial charge in [-0.1, -0.05) is 6.92 Å². The van der Waals surface area contributed by atoms with Gasteiger partial charge in [-0.15, -0.1) is 10.2 Å². The average molecular weight is 305 g/mol. The highest BCUT2D eigenvalue weighted by molar-refractivity contribution is 9.10. The van der Waals surface area contributed by atoms with Crippen LogP contribution in [0.3, 0.4) is 0 Å². The summed E-state index contributed by atoms with van der Waals surface area (Å²) in [4.78, 5) is 0. The highest BCUT2D eigenvalue weighted by Gasteiger charge is 2.13. The standard InChI is InChI=1S/C10H8BrClFN3/c1-2-9-14-15-10(12)16(9)8-5-6(13)3-4-7(8)11/h3-5H,2H2,1H3. The number of hydrogen-bond donors (Lipinski definition) is 0. The third-order valence-corrected chi connectivity index (χ3v) is 3.07. The van der Waals surface area contributed by atoms with Crippen molar-refractivity contribution in [3.63, 3.8) is 0 Å². The zero-order chi connectivity index (χ0) is 11.7. The van der Waals surface area contributed by atoms with Gasteiger partial charge in [-0.05, 0) is 45.7 Å². The molecule has 0 aliphatic carbocycles. The van der Waals surface area contributed by atoms with Crippen LogP contribution in [0.1, 0.15) is 12.7 Å². The summed E-state index contributed by atoms with van der Waals surface area (Å²) >= 11 is 9.28. The molecule has 2 rings (SSSR count). The van der Waals surface area contributed by atoms with Crippen molar-refractivity contribution < 1.29 is 4.39 Å². The Balaban J connectivity index is 2.66. The number of rotatable bonds is 2. The topological polar surface area (TPSA) is 30.7 Å². The molecule has 16 heavy (non-hydrogen) atoms. The van der Waals surface area contributed by atoms with E-state index < -0.39 is 0 Å². The lowest BCUT2D eigenvalue weighted by atomic mass is 10.3. The molecule has 84 valence electrons. The van der Waals surface area contributed by atoms with Crippen LogP contribution < -0.4 is 0 Å². The van der Waals surface area contributed by atoms with Crippen LogP contribution in [0, 0.1) is 5.82 Å². The second-order valence-corrected chi connectivity index (χ2v) is 4.36. The minimum atomic E-state index is -0.329. The van der Waals surface area contributed by atoms with Crippen LogP contribution in [0.5, 0.6) is 0 Å². The van der Waals surface area contributed by atoms with Crippen molar-refractivity contribution in [1.29, 1.82) is 0 Å². The molecule has 2 aromatic rings. The van der Waals surface area contributed by atoms with E-state index in [-0.39, 0.29) is 11.1 Å².